The zero-order valence-electron chi connectivity index (χ0n) is 13.9. The second kappa shape index (κ2) is 7.45. The van der Waals surface area contributed by atoms with Crippen LogP contribution < -0.4 is 10.6 Å². The lowest BCUT2D eigenvalue weighted by atomic mass is 10.0. The molecule has 0 fully saturated rings. The molecule has 1 amide bonds. The quantitative estimate of drug-likeness (QED) is 0.752. The molecule has 1 aromatic heterocycles. The highest BCUT2D eigenvalue weighted by atomic mass is 16.6. The molecule has 0 aromatic carbocycles. The number of H-pyrrole nitrogens is 1. The Kier molecular flexibility index (Phi) is 6.20. The zero-order chi connectivity index (χ0) is 16.0. The van der Waals surface area contributed by atoms with Crippen LogP contribution in [0, 0.1) is 5.92 Å². The molecule has 1 unspecified atom stereocenters. The molecule has 6 nitrogen and oxygen atoms in total. The summed E-state index contributed by atoms with van der Waals surface area (Å²) < 4.78 is 5.23. The van der Waals surface area contributed by atoms with Crippen LogP contribution in [-0.4, -0.2) is 27.9 Å². The highest BCUT2D eigenvalue weighted by Gasteiger charge is 2.18. The van der Waals surface area contributed by atoms with E-state index in [-0.39, 0.29) is 0 Å². The van der Waals surface area contributed by atoms with E-state index < -0.39 is 11.7 Å². The van der Waals surface area contributed by atoms with Crippen LogP contribution in [0.1, 0.15) is 53.5 Å². The number of ether oxygens (including phenoxy) is 1. The Bertz CT molecular complexity index is 449. The molecule has 0 bridgehead atoms. The summed E-state index contributed by atoms with van der Waals surface area (Å²) in [6.45, 7) is 12.7. The Hall–Kier alpha value is -1.56. The van der Waals surface area contributed by atoms with E-state index in [9.17, 15) is 4.79 Å². The standard InChI is InChI=1S/C15H28N4O2/c1-7-12(10(2)3)16-8-11-9-17-19-13(11)18-14(20)21-15(4,5)6/h9-10,12,16H,7-8H2,1-6H3,(H2,17,18,19,20). The minimum atomic E-state index is -0.520. The summed E-state index contributed by atoms with van der Waals surface area (Å²) in [5.41, 5.74) is 0.396. The number of aromatic nitrogens is 2. The maximum atomic E-state index is 11.8. The van der Waals surface area contributed by atoms with Gasteiger partial charge in [0.05, 0.1) is 6.20 Å². The molecule has 1 rings (SSSR count). The highest BCUT2D eigenvalue weighted by molar-refractivity contribution is 5.84. The van der Waals surface area contributed by atoms with Crippen molar-refractivity contribution in [3.63, 3.8) is 0 Å². The van der Waals surface area contributed by atoms with Gasteiger partial charge in [-0.05, 0) is 33.1 Å². The third-order valence-corrected chi connectivity index (χ3v) is 3.14. The zero-order valence-corrected chi connectivity index (χ0v) is 13.9. The van der Waals surface area contributed by atoms with Crippen molar-refractivity contribution >= 4 is 11.9 Å². The van der Waals surface area contributed by atoms with Gasteiger partial charge in [-0.1, -0.05) is 20.8 Å². The Labute approximate surface area is 127 Å². The van der Waals surface area contributed by atoms with Crippen LogP contribution in [-0.2, 0) is 11.3 Å². The lowest BCUT2D eigenvalue weighted by Gasteiger charge is -2.21. The fourth-order valence-corrected chi connectivity index (χ4v) is 2.05. The van der Waals surface area contributed by atoms with E-state index in [1.807, 2.05) is 20.8 Å². The number of hydrogen-bond donors (Lipinski definition) is 3. The lowest BCUT2D eigenvalue weighted by molar-refractivity contribution is 0.0635. The number of aromatic amines is 1. The van der Waals surface area contributed by atoms with Gasteiger partial charge in [-0.25, -0.2) is 4.79 Å². The third kappa shape index (κ3) is 6.16. The van der Waals surface area contributed by atoms with Gasteiger partial charge in [0.15, 0.2) is 0 Å². The number of hydrogen-bond acceptors (Lipinski definition) is 4. The van der Waals surface area contributed by atoms with Gasteiger partial charge in [-0.15, -0.1) is 0 Å². The van der Waals surface area contributed by atoms with Gasteiger partial charge in [-0.3, -0.25) is 10.4 Å². The van der Waals surface area contributed by atoms with Crippen molar-refractivity contribution < 1.29 is 9.53 Å². The van der Waals surface area contributed by atoms with Crippen molar-refractivity contribution in [3.05, 3.63) is 11.8 Å². The fraction of sp³-hybridized carbons (Fsp3) is 0.733. The molecular weight excluding hydrogens is 268 g/mol. The number of nitrogens with zero attached hydrogens (tertiary/aromatic N) is 1. The molecule has 120 valence electrons. The van der Waals surface area contributed by atoms with Crippen molar-refractivity contribution in [3.8, 4) is 0 Å². The Morgan fingerprint density at radius 3 is 2.62 bits per heavy atom. The summed E-state index contributed by atoms with van der Waals surface area (Å²) in [5, 5.41) is 13.0. The van der Waals surface area contributed by atoms with Gasteiger partial charge >= 0.3 is 6.09 Å². The van der Waals surface area contributed by atoms with E-state index in [1.165, 1.54) is 0 Å². The first-order chi connectivity index (χ1) is 9.73. The largest absolute Gasteiger partial charge is 0.444 e. The minimum absolute atomic E-state index is 0.439. The Morgan fingerprint density at radius 1 is 1.43 bits per heavy atom. The topological polar surface area (TPSA) is 79.0 Å². The number of carbonyl (C=O) groups is 1. The number of anilines is 1. The molecule has 0 aliphatic carbocycles. The monoisotopic (exact) mass is 296 g/mol. The van der Waals surface area contributed by atoms with Crippen molar-refractivity contribution in [1.82, 2.24) is 15.5 Å². The predicted octanol–water partition coefficient (Wildman–Crippen LogP) is 3.28. The van der Waals surface area contributed by atoms with Gasteiger partial charge in [-0.2, -0.15) is 5.10 Å². The van der Waals surface area contributed by atoms with Crippen molar-refractivity contribution in [2.45, 2.75) is 66.2 Å². The van der Waals surface area contributed by atoms with Crippen LogP contribution in [0.25, 0.3) is 0 Å². The van der Waals surface area contributed by atoms with Gasteiger partial charge in [0.1, 0.15) is 11.4 Å². The molecule has 0 aliphatic heterocycles. The maximum absolute atomic E-state index is 11.8. The lowest BCUT2D eigenvalue weighted by Crippen LogP contribution is -2.33. The van der Waals surface area contributed by atoms with Crippen LogP contribution in [0.2, 0.25) is 0 Å². The molecule has 3 N–H and O–H groups in total. The van der Waals surface area contributed by atoms with Crippen molar-refractivity contribution in [1.29, 1.82) is 0 Å². The molecule has 0 spiro atoms. The molecule has 6 heteroatoms. The number of rotatable bonds is 6. The summed E-state index contributed by atoms with van der Waals surface area (Å²) in [5.74, 6) is 1.14. The number of amides is 1. The van der Waals surface area contributed by atoms with E-state index in [1.54, 1.807) is 6.20 Å². The Morgan fingerprint density at radius 2 is 2.10 bits per heavy atom. The molecule has 1 heterocycles. The van der Waals surface area contributed by atoms with E-state index in [2.05, 4.69) is 41.6 Å². The van der Waals surface area contributed by atoms with Crippen LogP contribution in [0.15, 0.2) is 6.20 Å². The fourth-order valence-electron chi connectivity index (χ4n) is 2.05. The van der Waals surface area contributed by atoms with Crippen molar-refractivity contribution in [2.75, 3.05) is 5.32 Å². The second-order valence-corrected chi connectivity index (χ2v) is 6.54. The number of nitrogens with one attached hydrogen (secondary N) is 3. The molecule has 1 atom stereocenters. The van der Waals surface area contributed by atoms with Crippen molar-refractivity contribution in [2.24, 2.45) is 5.92 Å². The van der Waals surface area contributed by atoms with Crippen LogP contribution >= 0.6 is 0 Å². The molecule has 0 radical (unpaired) electrons. The van der Waals surface area contributed by atoms with Crippen LogP contribution in [0.4, 0.5) is 10.6 Å². The van der Waals surface area contributed by atoms with E-state index in [4.69, 9.17) is 4.74 Å². The summed E-state index contributed by atoms with van der Waals surface area (Å²) in [7, 11) is 0. The summed E-state index contributed by atoms with van der Waals surface area (Å²) >= 11 is 0. The second-order valence-electron chi connectivity index (χ2n) is 6.54. The van der Waals surface area contributed by atoms with Crippen LogP contribution in [0.3, 0.4) is 0 Å². The van der Waals surface area contributed by atoms with E-state index in [0.717, 1.165) is 12.0 Å². The van der Waals surface area contributed by atoms with E-state index >= 15 is 0 Å². The maximum Gasteiger partial charge on any atom is 0.413 e. The predicted molar refractivity (Wildman–Crippen MR) is 84.2 cm³/mol. The minimum Gasteiger partial charge on any atom is -0.444 e. The summed E-state index contributed by atoms with van der Waals surface area (Å²) in [6.07, 6.45) is 2.29. The molecule has 0 saturated heterocycles. The summed E-state index contributed by atoms with van der Waals surface area (Å²) in [4.78, 5) is 11.8. The first-order valence-electron chi connectivity index (χ1n) is 7.48. The normalized spacial score (nSPS) is 13.3. The molecule has 0 saturated carbocycles. The molecule has 21 heavy (non-hydrogen) atoms. The molecule has 1 aromatic rings. The molecular formula is C15H28N4O2. The smallest absolute Gasteiger partial charge is 0.413 e. The first kappa shape index (κ1) is 17.5. The third-order valence-electron chi connectivity index (χ3n) is 3.14. The summed E-state index contributed by atoms with van der Waals surface area (Å²) in [6, 6.07) is 0.439. The molecule has 0 aliphatic rings. The highest BCUT2D eigenvalue weighted by Crippen LogP contribution is 2.15. The van der Waals surface area contributed by atoms with Crippen LogP contribution in [0.5, 0.6) is 0 Å². The average molecular weight is 296 g/mol. The van der Waals surface area contributed by atoms with E-state index in [0.29, 0.717) is 24.3 Å². The number of carbonyl (C=O) groups excluding carboxylic acids is 1. The average Bonchev–Trinajstić information content (AvgIpc) is 2.74. The Balaban J connectivity index is 2.59. The SMILES string of the molecule is CCC(NCc1cn[nH]c1NC(=O)OC(C)(C)C)C(C)C. The van der Waals surface area contributed by atoms with Gasteiger partial charge < -0.3 is 10.1 Å². The first-order valence-corrected chi connectivity index (χ1v) is 7.48. The van der Waals surface area contributed by atoms with Gasteiger partial charge in [0, 0.05) is 18.2 Å². The van der Waals surface area contributed by atoms with Gasteiger partial charge in [0.2, 0.25) is 0 Å². The van der Waals surface area contributed by atoms with Gasteiger partial charge in [0.25, 0.3) is 0 Å².